The number of carbonyl (C=O) groups is 3. The summed E-state index contributed by atoms with van der Waals surface area (Å²) < 4.78 is 0. The van der Waals surface area contributed by atoms with Crippen LogP contribution >= 0.6 is 22.7 Å². The third kappa shape index (κ3) is 4.89. The van der Waals surface area contributed by atoms with Crippen LogP contribution in [0.5, 0.6) is 0 Å². The third-order valence-corrected chi connectivity index (χ3v) is 7.02. The van der Waals surface area contributed by atoms with Crippen LogP contribution < -0.4 is 10.6 Å². The standard InChI is InChI=1S/C23H24N4O3S2/c1-14(24-15(2)28)16-7-9-17(10-8-16)18-13-32-23(25-18)26-21(29)19-5-3-11-27(19)22(30)20-6-4-12-31-20/h4,6-10,12-14,19H,3,5,11H2,1-2H3,(H,24,28)(H,25,26,29)/t14?,19-/m0/s1. The summed E-state index contributed by atoms with van der Waals surface area (Å²) in [6.45, 7) is 4.02. The van der Waals surface area contributed by atoms with Crippen molar-refractivity contribution in [2.45, 2.75) is 38.8 Å². The zero-order chi connectivity index (χ0) is 22.7. The number of rotatable bonds is 6. The van der Waals surface area contributed by atoms with Crippen LogP contribution in [-0.2, 0) is 9.59 Å². The monoisotopic (exact) mass is 468 g/mol. The summed E-state index contributed by atoms with van der Waals surface area (Å²) in [6.07, 6.45) is 1.46. The minimum atomic E-state index is -0.480. The molecule has 1 fully saturated rings. The second-order valence-electron chi connectivity index (χ2n) is 7.71. The Bertz CT molecular complexity index is 1110. The number of benzene rings is 1. The topological polar surface area (TPSA) is 91.4 Å². The fourth-order valence-electron chi connectivity index (χ4n) is 3.81. The molecule has 2 aromatic heterocycles. The maximum Gasteiger partial charge on any atom is 0.264 e. The number of hydrogen-bond acceptors (Lipinski definition) is 6. The van der Waals surface area contributed by atoms with Crippen LogP contribution in [-0.4, -0.2) is 40.2 Å². The Morgan fingerprint density at radius 2 is 1.94 bits per heavy atom. The zero-order valence-electron chi connectivity index (χ0n) is 17.8. The van der Waals surface area contributed by atoms with Crippen LogP contribution in [0, 0.1) is 0 Å². The molecule has 0 saturated carbocycles. The summed E-state index contributed by atoms with van der Waals surface area (Å²) in [4.78, 5) is 43.7. The van der Waals surface area contributed by atoms with Crippen molar-refractivity contribution >= 4 is 45.5 Å². The molecule has 1 aromatic carbocycles. The van der Waals surface area contributed by atoms with Crippen molar-refractivity contribution < 1.29 is 14.4 Å². The van der Waals surface area contributed by atoms with Gasteiger partial charge in [-0.2, -0.15) is 0 Å². The molecule has 3 amide bonds. The van der Waals surface area contributed by atoms with Crippen molar-refractivity contribution in [3.8, 4) is 11.3 Å². The van der Waals surface area contributed by atoms with E-state index < -0.39 is 6.04 Å². The largest absolute Gasteiger partial charge is 0.350 e. The number of carbonyl (C=O) groups excluding carboxylic acids is 3. The second-order valence-corrected chi connectivity index (χ2v) is 9.51. The number of anilines is 1. The SMILES string of the molecule is CC(=O)NC(C)c1ccc(-c2csc(NC(=O)[C@@H]3CCCN3C(=O)c3cccs3)n2)cc1. The molecule has 2 atom stereocenters. The van der Waals surface area contributed by atoms with E-state index >= 15 is 0 Å². The molecular weight excluding hydrogens is 444 g/mol. The number of thiophene rings is 1. The Labute approximate surface area is 194 Å². The molecule has 1 unspecified atom stereocenters. The molecule has 0 aliphatic carbocycles. The van der Waals surface area contributed by atoms with E-state index in [9.17, 15) is 14.4 Å². The van der Waals surface area contributed by atoms with E-state index in [-0.39, 0.29) is 23.8 Å². The fraction of sp³-hybridized carbons (Fsp3) is 0.304. The molecule has 1 aliphatic rings. The Kier molecular flexibility index (Phi) is 6.66. The molecule has 1 saturated heterocycles. The first-order valence-corrected chi connectivity index (χ1v) is 12.2. The summed E-state index contributed by atoms with van der Waals surface area (Å²) in [5.74, 6) is -0.363. The average molecular weight is 469 g/mol. The Balaban J connectivity index is 1.41. The highest BCUT2D eigenvalue weighted by molar-refractivity contribution is 7.14. The lowest BCUT2D eigenvalue weighted by molar-refractivity contribution is -0.120. The van der Waals surface area contributed by atoms with E-state index in [1.165, 1.54) is 29.6 Å². The first kappa shape index (κ1) is 22.2. The highest BCUT2D eigenvalue weighted by Crippen LogP contribution is 2.28. The fourth-order valence-corrected chi connectivity index (χ4v) is 5.21. The summed E-state index contributed by atoms with van der Waals surface area (Å²) in [5.41, 5.74) is 2.70. The van der Waals surface area contributed by atoms with Gasteiger partial charge in [0.15, 0.2) is 5.13 Å². The van der Waals surface area contributed by atoms with Gasteiger partial charge in [0.05, 0.1) is 16.6 Å². The molecule has 32 heavy (non-hydrogen) atoms. The van der Waals surface area contributed by atoms with Crippen LogP contribution in [0.1, 0.15) is 48.0 Å². The third-order valence-electron chi connectivity index (χ3n) is 5.41. The summed E-state index contributed by atoms with van der Waals surface area (Å²) in [6, 6.07) is 10.9. The van der Waals surface area contributed by atoms with E-state index in [1.54, 1.807) is 11.0 Å². The average Bonchev–Trinajstić information content (AvgIpc) is 3.54. The van der Waals surface area contributed by atoms with Crippen molar-refractivity contribution in [3.63, 3.8) is 0 Å². The normalized spacial score (nSPS) is 16.6. The van der Waals surface area contributed by atoms with E-state index in [2.05, 4.69) is 15.6 Å². The lowest BCUT2D eigenvalue weighted by Crippen LogP contribution is -2.42. The van der Waals surface area contributed by atoms with Crippen molar-refractivity contribution in [2.24, 2.45) is 0 Å². The number of likely N-dealkylation sites (tertiary alicyclic amines) is 1. The number of thiazole rings is 1. The number of aromatic nitrogens is 1. The molecule has 9 heteroatoms. The maximum absolute atomic E-state index is 12.9. The highest BCUT2D eigenvalue weighted by atomic mass is 32.1. The molecule has 0 bridgehead atoms. The maximum atomic E-state index is 12.9. The van der Waals surface area contributed by atoms with Crippen molar-refractivity contribution in [2.75, 3.05) is 11.9 Å². The first-order valence-electron chi connectivity index (χ1n) is 10.4. The molecule has 1 aliphatic heterocycles. The summed E-state index contributed by atoms with van der Waals surface area (Å²) in [5, 5.41) is 10.0. The van der Waals surface area contributed by atoms with Crippen LogP contribution in [0.3, 0.4) is 0 Å². The van der Waals surface area contributed by atoms with Gasteiger partial charge in [0.1, 0.15) is 6.04 Å². The lowest BCUT2D eigenvalue weighted by Gasteiger charge is -2.22. The minimum absolute atomic E-state index is 0.0700. The van der Waals surface area contributed by atoms with Crippen LogP contribution in [0.15, 0.2) is 47.2 Å². The molecule has 3 aromatic rings. The van der Waals surface area contributed by atoms with Crippen molar-refractivity contribution in [1.82, 2.24) is 15.2 Å². The van der Waals surface area contributed by atoms with Crippen LogP contribution in [0.4, 0.5) is 5.13 Å². The molecule has 166 valence electrons. The van der Waals surface area contributed by atoms with Gasteiger partial charge in [-0.15, -0.1) is 22.7 Å². The molecule has 0 radical (unpaired) electrons. The number of nitrogens with one attached hydrogen (secondary N) is 2. The van der Waals surface area contributed by atoms with Crippen LogP contribution in [0.2, 0.25) is 0 Å². The van der Waals surface area contributed by atoms with Gasteiger partial charge in [-0.3, -0.25) is 14.4 Å². The van der Waals surface area contributed by atoms with Crippen LogP contribution in [0.25, 0.3) is 11.3 Å². The molecule has 0 spiro atoms. The quantitative estimate of drug-likeness (QED) is 0.564. The first-order chi connectivity index (χ1) is 15.4. The molecule has 4 rings (SSSR count). The van der Waals surface area contributed by atoms with Gasteiger partial charge >= 0.3 is 0 Å². The van der Waals surface area contributed by atoms with E-state index in [4.69, 9.17) is 0 Å². The van der Waals surface area contributed by atoms with E-state index in [1.807, 2.05) is 48.0 Å². The van der Waals surface area contributed by atoms with Gasteiger partial charge in [0, 0.05) is 24.4 Å². The Morgan fingerprint density at radius 1 is 1.16 bits per heavy atom. The zero-order valence-corrected chi connectivity index (χ0v) is 19.5. The van der Waals surface area contributed by atoms with Gasteiger partial charge in [0.2, 0.25) is 11.8 Å². The predicted molar refractivity (Wildman–Crippen MR) is 127 cm³/mol. The van der Waals surface area contributed by atoms with E-state index in [0.717, 1.165) is 23.2 Å². The number of hydrogen-bond donors (Lipinski definition) is 2. The van der Waals surface area contributed by atoms with Gasteiger partial charge < -0.3 is 15.5 Å². The van der Waals surface area contributed by atoms with Gasteiger partial charge in [0.25, 0.3) is 5.91 Å². The van der Waals surface area contributed by atoms with Crippen molar-refractivity contribution in [3.05, 3.63) is 57.6 Å². The molecule has 3 heterocycles. The number of amides is 3. The number of nitrogens with zero attached hydrogens (tertiary/aromatic N) is 2. The van der Waals surface area contributed by atoms with Crippen molar-refractivity contribution in [1.29, 1.82) is 0 Å². The summed E-state index contributed by atoms with van der Waals surface area (Å²) in [7, 11) is 0. The molecular formula is C23H24N4O3S2. The Morgan fingerprint density at radius 3 is 2.62 bits per heavy atom. The Hall–Kier alpha value is -3.04. The predicted octanol–water partition coefficient (Wildman–Crippen LogP) is 4.31. The smallest absolute Gasteiger partial charge is 0.264 e. The van der Waals surface area contributed by atoms with Gasteiger partial charge in [-0.25, -0.2) is 4.98 Å². The van der Waals surface area contributed by atoms with Gasteiger partial charge in [-0.1, -0.05) is 30.3 Å². The molecule has 2 N–H and O–H groups in total. The van der Waals surface area contributed by atoms with E-state index in [0.29, 0.717) is 23.0 Å². The lowest BCUT2D eigenvalue weighted by atomic mass is 10.1. The highest BCUT2D eigenvalue weighted by Gasteiger charge is 2.35. The second kappa shape index (κ2) is 9.62. The minimum Gasteiger partial charge on any atom is -0.350 e. The summed E-state index contributed by atoms with van der Waals surface area (Å²) >= 11 is 2.74. The van der Waals surface area contributed by atoms with Gasteiger partial charge in [-0.05, 0) is 36.8 Å². The molecule has 7 nitrogen and oxygen atoms in total.